The zero-order chi connectivity index (χ0) is 21.1. The number of nitrogens with one attached hydrogen (secondary N) is 1. The Labute approximate surface area is 175 Å². The summed E-state index contributed by atoms with van der Waals surface area (Å²) in [6.45, 7) is 4.28. The van der Waals surface area contributed by atoms with Gasteiger partial charge in [-0.1, -0.05) is 12.1 Å². The lowest BCUT2D eigenvalue weighted by Gasteiger charge is -2.20. The van der Waals surface area contributed by atoms with E-state index in [9.17, 15) is 4.79 Å². The van der Waals surface area contributed by atoms with Crippen molar-refractivity contribution in [3.8, 4) is 11.5 Å². The van der Waals surface area contributed by atoms with Crippen LogP contribution in [0.1, 0.15) is 34.5 Å². The summed E-state index contributed by atoms with van der Waals surface area (Å²) in [6.07, 6.45) is 3.68. The molecular weight excluding hydrogens is 380 g/mol. The maximum atomic E-state index is 12.1. The van der Waals surface area contributed by atoms with Crippen molar-refractivity contribution in [1.29, 1.82) is 0 Å². The molecule has 7 nitrogen and oxygen atoms in total. The molecule has 3 heterocycles. The topological polar surface area (TPSA) is 80.3 Å². The van der Waals surface area contributed by atoms with E-state index in [1.165, 1.54) is 5.56 Å². The third-order valence-corrected chi connectivity index (χ3v) is 5.62. The van der Waals surface area contributed by atoms with Crippen LogP contribution < -0.4 is 15.0 Å². The minimum atomic E-state index is -0.116. The zero-order valence-electron chi connectivity index (χ0n) is 17.5. The number of rotatable bonds is 6. The average molecular weight is 406 g/mol. The second kappa shape index (κ2) is 8.67. The van der Waals surface area contributed by atoms with Gasteiger partial charge < -0.3 is 14.5 Å². The number of nitrogens with zero attached hydrogens (tertiary/aromatic N) is 3. The normalized spacial score (nSPS) is 19.0. The van der Waals surface area contributed by atoms with Crippen molar-refractivity contribution in [2.75, 3.05) is 27.3 Å². The van der Waals surface area contributed by atoms with E-state index in [1.54, 1.807) is 26.5 Å². The summed E-state index contributed by atoms with van der Waals surface area (Å²) in [5.74, 6) is 2.31. The number of methoxy groups -OCH3 is 2. The van der Waals surface area contributed by atoms with Crippen LogP contribution >= 0.6 is 0 Å². The van der Waals surface area contributed by atoms with Gasteiger partial charge >= 0.3 is 0 Å². The van der Waals surface area contributed by atoms with Gasteiger partial charge in [-0.3, -0.25) is 14.7 Å². The van der Waals surface area contributed by atoms with Crippen molar-refractivity contribution >= 4 is 0 Å². The number of hydrogen-bond acceptors (Lipinski definition) is 6. The van der Waals surface area contributed by atoms with Gasteiger partial charge in [0, 0.05) is 49.9 Å². The molecule has 0 spiro atoms. The summed E-state index contributed by atoms with van der Waals surface area (Å²) in [7, 11) is 3.28. The molecule has 1 fully saturated rings. The van der Waals surface area contributed by atoms with Crippen molar-refractivity contribution in [2.45, 2.75) is 25.3 Å². The highest BCUT2D eigenvalue weighted by Gasteiger charge is 2.36. The lowest BCUT2D eigenvalue weighted by Crippen LogP contribution is -2.20. The van der Waals surface area contributed by atoms with Crippen molar-refractivity contribution in [2.24, 2.45) is 0 Å². The lowest BCUT2D eigenvalue weighted by molar-refractivity contribution is 0.322. The minimum absolute atomic E-state index is 0.0979. The van der Waals surface area contributed by atoms with Crippen LogP contribution in [0, 0.1) is 6.92 Å². The monoisotopic (exact) mass is 406 g/mol. The predicted molar refractivity (Wildman–Crippen MR) is 114 cm³/mol. The SMILES string of the molecule is COc1ccc([C@@H]2CN(Cc3cccnc3)C[C@H]2c2cc(=O)[nH]c(C)n2)cc1OC. The van der Waals surface area contributed by atoms with Crippen LogP contribution in [-0.4, -0.2) is 47.2 Å². The van der Waals surface area contributed by atoms with E-state index in [1.807, 2.05) is 31.3 Å². The summed E-state index contributed by atoms with van der Waals surface area (Å²) in [6, 6.07) is 11.7. The van der Waals surface area contributed by atoms with Crippen LogP contribution in [0.2, 0.25) is 0 Å². The highest BCUT2D eigenvalue weighted by molar-refractivity contribution is 5.45. The molecule has 4 rings (SSSR count). The van der Waals surface area contributed by atoms with Gasteiger partial charge in [0.15, 0.2) is 11.5 Å². The highest BCUT2D eigenvalue weighted by Crippen LogP contribution is 2.41. The molecule has 1 aromatic carbocycles. The Balaban J connectivity index is 1.70. The van der Waals surface area contributed by atoms with Crippen LogP contribution in [0.4, 0.5) is 0 Å². The molecule has 1 aliphatic heterocycles. The van der Waals surface area contributed by atoms with Crippen molar-refractivity contribution in [3.05, 3.63) is 81.8 Å². The van der Waals surface area contributed by atoms with Gasteiger partial charge in [-0.25, -0.2) is 4.98 Å². The first kappa shape index (κ1) is 20.1. The van der Waals surface area contributed by atoms with Gasteiger partial charge in [-0.15, -0.1) is 0 Å². The molecule has 0 amide bonds. The molecule has 156 valence electrons. The van der Waals surface area contributed by atoms with Crippen LogP contribution in [0.3, 0.4) is 0 Å². The van der Waals surface area contributed by atoms with E-state index in [4.69, 9.17) is 9.47 Å². The molecule has 30 heavy (non-hydrogen) atoms. The smallest absolute Gasteiger partial charge is 0.251 e. The number of aromatic amines is 1. The maximum Gasteiger partial charge on any atom is 0.251 e. The molecule has 0 bridgehead atoms. The quantitative estimate of drug-likeness (QED) is 0.678. The van der Waals surface area contributed by atoms with E-state index >= 15 is 0 Å². The zero-order valence-corrected chi connectivity index (χ0v) is 17.5. The van der Waals surface area contributed by atoms with Crippen LogP contribution in [-0.2, 0) is 6.54 Å². The largest absolute Gasteiger partial charge is 0.493 e. The van der Waals surface area contributed by atoms with E-state index in [0.29, 0.717) is 17.3 Å². The average Bonchev–Trinajstić information content (AvgIpc) is 3.17. The van der Waals surface area contributed by atoms with Crippen LogP contribution in [0.25, 0.3) is 0 Å². The summed E-state index contributed by atoms with van der Waals surface area (Å²) in [5.41, 5.74) is 3.02. The molecule has 1 aliphatic rings. The Hall–Kier alpha value is -3.19. The second-order valence-corrected chi connectivity index (χ2v) is 7.64. The Bertz CT molecular complexity index is 1070. The van der Waals surface area contributed by atoms with E-state index < -0.39 is 0 Å². The van der Waals surface area contributed by atoms with Crippen molar-refractivity contribution in [1.82, 2.24) is 19.9 Å². The van der Waals surface area contributed by atoms with Crippen molar-refractivity contribution in [3.63, 3.8) is 0 Å². The first-order valence-electron chi connectivity index (χ1n) is 9.98. The number of H-pyrrole nitrogens is 1. The Kier molecular flexibility index (Phi) is 5.81. The van der Waals surface area contributed by atoms with Gasteiger partial charge in [0.25, 0.3) is 5.56 Å². The number of aryl methyl sites for hydroxylation is 1. The third-order valence-electron chi connectivity index (χ3n) is 5.62. The fourth-order valence-corrected chi connectivity index (χ4v) is 4.28. The number of aromatic nitrogens is 3. The van der Waals surface area contributed by atoms with Crippen LogP contribution in [0.15, 0.2) is 53.6 Å². The Morgan fingerprint density at radius 2 is 1.90 bits per heavy atom. The van der Waals surface area contributed by atoms with Crippen molar-refractivity contribution < 1.29 is 9.47 Å². The number of pyridine rings is 1. The van der Waals surface area contributed by atoms with Gasteiger partial charge in [0.05, 0.1) is 19.9 Å². The summed E-state index contributed by atoms with van der Waals surface area (Å²) >= 11 is 0. The maximum absolute atomic E-state index is 12.1. The molecule has 0 unspecified atom stereocenters. The number of hydrogen-bond donors (Lipinski definition) is 1. The van der Waals surface area contributed by atoms with Gasteiger partial charge in [0.1, 0.15) is 5.82 Å². The molecule has 2 aromatic heterocycles. The third kappa shape index (κ3) is 4.21. The first-order chi connectivity index (χ1) is 14.6. The van der Waals surface area contributed by atoms with E-state index in [0.717, 1.165) is 30.9 Å². The molecule has 1 saturated heterocycles. The first-order valence-corrected chi connectivity index (χ1v) is 9.98. The predicted octanol–water partition coefficient (Wildman–Crippen LogP) is 2.87. The highest BCUT2D eigenvalue weighted by atomic mass is 16.5. The second-order valence-electron chi connectivity index (χ2n) is 7.64. The lowest BCUT2D eigenvalue weighted by atomic mass is 9.86. The van der Waals surface area contributed by atoms with Gasteiger partial charge in [0.2, 0.25) is 0 Å². The molecular formula is C23H26N4O3. The van der Waals surface area contributed by atoms with E-state index in [2.05, 4.69) is 32.0 Å². The molecule has 0 saturated carbocycles. The number of ether oxygens (including phenoxy) is 2. The molecule has 7 heteroatoms. The van der Waals surface area contributed by atoms with E-state index in [-0.39, 0.29) is 17.4 Å². The summed E-state index contributed by atoms with van der Waals surface area (Å²) < 4.78 is 10.9. The fourth-order valence-electron chi connectivity index (χ4n) is 4.28. The van der Waals surface area contributed by atoms with Crippen LogP contribution in [0.5, 0.6) is 11.5 Å². The molecule has 1 N–H and O–H groups in total. The Morgan fingerprint density at radius 1 is 1.10 bits per heavy atom. The van der Waals surface area contributed by atoms with Gasteiger partial charge in [-0.05, 0) is 36.2 Å². The standard InChI is InChI=1S/C23H26N4O3/c1-15-25-20(10-23(28)26-15)19-14-27(12-16-5-4-8-24-11-16)13-18(19)17-6-7-21(29-2)22(9-17)30-3/h4-11,18-19H,12-14H2,1-3H3,(H,25,26,28)/t18-,19+/m0/s1. The van der Waals surface area contributed by atoms with Gasteiger partial charge in [-0.2, -0.15) is 0 Å². The number of likely N-dealkylation sites (tertiary alicyclic amines) is 1. The molecule has 0 aliphatic carbocycles. The molecule has 0 radical (unpaired) electrons. The summed E-state index contributed by atoms with van der Waals surface area (Å²) in [4.78, 5) is 26.1. The molecule has 3 aromatic rings. The number of benzene rings is 1. The fraction of sp³-hybridized carbons (Fsp3) is 0.348. The summed E-state index contributed by atoms with van der Waals surface area (Å²) in [5, 5.41) is 0. The Morgan fingerprint density at radius 3 is 2.60 bits per heavy atom. The minimum Gasteiger partial charge on any atom is -0.493 e. The molecule has 2 atom stereocenters.